The number of hydrogen-bond donors (Lipinski definition) is 0. The van der Waals surface area contributed by atoms with Gasteiger partial charge in [-0.1, -0.05) is 12.1 Å². The zero-order valence-corrected chi connectivity index (χ0v) is 18.8. The number of thiophene rings is 3. The molecule has 4 rings (SSSR count). The molecule has 33 heavy (non-hydrogen) atoms. The Morgan fingerprint density at radius 2 is 0.939 bits per heavy atom. The Balaban J connectivity index is 2.16. The van der Waals surface area contributed by atoms with Gasteiger partial charge in [-0.05, 0) is 24.3 Å². The van der Waals surface area contributed by atoms with Crippen molar-refractivity contribution in [1.82, 2.24) is 0 Å². The van der Waals surface area contributed by atoms with Gasteiger partial charge in [0.25, 0.3) is 11.4 Å². The van der Waals surface area contributed by atoms with Crippen LogP contribution in [0.15, 0.2) is 36.4 Å². The lowest BCUT2D eigenvalue weighted by Crippen LogP contribution is -1.98. The quantitative estimate of drug-likeness (QED) is 0.454. The Kier molecular flexibility index (Phi) is 5.72. The maximum Gasteiger partial charge on any atom is 0.278 e. The third-order valence-electron chi connectivity index (χ3n) is 4.62. The smallest absolute Gasteiger partial charge is 0.225 e. The molecule has 0 radical (unpaired) electrons. The Morgan fingerprint density at radius 3 is 1.27 bits per heavy atom. The molecule has 0 aromatic carbocycles. The van der Waals surface area contributed by atoms with Crippen molar-refractivity contribution in [3.63, 3.8) is 0 Å². The first-order chi connectivity index (χ1) is 16.1. The van der Waals surface area contributed by atoms with E-state index in [9.17, 15) is 21.0 Å². The summed E-state index contributed by atoms with van der Waals surface area (Å²) in [5.74, 6) is 0. The minimum Gasteiger partial charge on any atom is -0.225 e. The van der Waals surface area contributed by atoms with Crippen LogP contribution < -0.4 is 27.2 Å². The van der Waals surface area contributed by atoms with Crippen molar-refractivity contribution in [3.05, 3.63) is 86.4 Å². The van der Waals surface area contributed by atoms with E-state index in [1.807, 2.05) is 42.5 Å². The number of hydrogen-bond acceptors (Lipinski definition) is 7. The van der Waals surface area contributed by atoms with E-state index in [1.54, 1.807) is 18.2 Å². The standard InChI is InChI=1S/C24H6N6S3/c1-29-14(11-27)17-4-7-20(32-17)23-22(19-6-3-16(31-19)13(9-25)10-26)24(23)21-8-5-18(33-21)15(12-28)30-2/h3-8H. The zero-order chi connectivity index (χ0) is 23.5. The second kappa shape index (κ2) is 8.78. The van der Waals surface area contributed by atoms with Crippen molar-refractivity contribution in [3.8, 4) is 24.3 Å². The molecule has 1 aliphatic carbocycles. The summed E-state index contributed by atoms with van der Waals surface area (Å²) >= 11 is 4.02. The molecule has 6 nitrogen and oxygen atoms in total. The third kappa shape index (κ3) is 3.73. The van der Waals surface area contributed by atoms with Crippen LogP contribution in [-0.2, 0) is 0 Å². The lowest BCUT2D eigenvalue weighted by molar-refractivity contribution is 1.51. The van der Waals surface area contributed by atoms with Crippen molar-refractivity contribution in [2.24, 2.45) is 0 Å². The largest absolute Gasteiger partial charge is 0.278 e. The van der Waals surface area contributed by atoms with Crippen molar-refractivity contribution >= 4 is 67.7 Å². The van der Waals surface area contributed by atoms with Crippen LogP contribution in [0.5, 0.6) is 0 Å². The SMILES string of the molecule is [C-]#[N+]C(C#N)=c1ccc(=C2C(=c3ccc(=C(C#N)C#N)s3)C2=c2ccc(=C(C#N)[N+]#[C-])s2)s1. The van der Waals surface area contributed by atoms with Gasteiger partial charge < -0.3 is 0 Å². The Bertz CT molecular complexity index is 1700. The van der Waals surface area contributed by atoms with Crippen LogP contribution in [0.1, 0.15) is 0 Å². The van der Waals surface area contributed by atoms with E-state index in [0.717, 1.165) is 30.3 Å². The average molecular weight is 475 g/mol. The molecule has 3 aromatic rings. The van der Waals surface area contributed by atoms with Crippen LogP contribution in [0.3, 0.4) is 0 Å². The van der Waals surface area contributed by atoms with Gasteiger partial charge in [-0.15, -0.1) is 34.0 Å². The second-order valence-corrected chi connectivity index (χ2v) is 9.61. The third-order valence-corrected chi connectivity index (χ3v) is 7.96. The summed E-state index contributed by atoms with van der Waals surface area (Å²) in [6.07, 6.45) is 0. The van der Waals surface area contributed by atoms with E-state index >= 15 is 0 Å². The molecule has 0 aliphatic heterocycles. The fourth-order valence-corrected chi connectivity index (χ4v) is 6.15. The topological polar surface area (TPSA) is 104 Å². The predicted octanol–water partition coefficient (Wildman–Crippen LogP) is 1.04. The van der Waals surface area contributed by atoms with Gasteiger partial charge in [0.2, 0.25) is 0 Å². The highest BCUT2D eigenvalue weighted by Gasteiger charge is 2.33. The zero-order valence-electron chi connectivity index (χ0n) is 16.4. The molecule has 3 heterocycles. The molecule has 0 bridgehead atoms. The molecule has 0 amide bonds. The van der Waals surface area contributed by atoms with Crippen LogP contribution in [-0.4, -0.2) is 0 Å². The molecule has 0 atom stereocenters. The van der Waals surface area contributed by atoms with E-state index in [2.05, 4.69) is 9.69 Å². The molecule has 1 fully saturated rings. The first kappa shape index (κ1) is 21.5. The summed E-state index contributed by atoms with van der Waals surface area (Å²) < 4.78 is 4.39. The van der Waals surface area contributed by atoms with Gasteiger partial charge >= 0.3 is 0 Å². The highest BCUT2D eigenvalue weighted by molar-refractivity contribution is 7.10. The molecule has 3 aromatic heterocycles. The van der Waals surface area contributed by atoms with E-state index < -0.39 is 0 Å². The summed E-state index contributed by atoms with van der Waals surface area (Å²) in [4.78, 5) is 6.56. The molecule has 0 saturated heterocycles. The van der Waals surface area contributed by atoms with E-state index in [0.29, 0.717) is 13.6 Å². The van der Waals surface area contributed by atoms with Crippen LogP contribution in [0.4, 0.5) is 0 Å². The van der Waals surface area contributed by atoms with Crippen LogP contribution >= 0.6 is 34.0 Å². The lowest BCUT2D eigenvalue weighted by atomic mass is 10.3. The van der Waals surface area contributed by atoms with Crippen molar-refractivity contribution in [2.75, 3.05) is 0 Å². The molecule has 9 heteroatoms. The molecular weight excluding hydrogens is 469 g/mol. The van der Waals surface area contributed by atoms with Crippen molar-refractivity contribution in [2.45, 2.75) is 0 Å². The first-order valence-corrected chi connectivity index (χ1v) is 11.4. The minimum atomic E-state index is 0.0278. The van der Waals surface area contributed by atoms with Crippen LogP contribution in [0, 0.1) is 58.5 Å². The first-order valence-electron chi connectivity index (χ1n) is 9.00. The fourth-order valence-electron chi connectivity index (χ4n) is 3.14. The van der Waals surface area contributed by atoms with Gasteiger partial charge in [0.05, 0.1) is 29.8 Å². The van der Waals surface area contributed by atoms with Gasteiger partial charge in [-0.2, -0.15) is 10.5 Å². The van der Waals surface area contributed by atoms with Gasteiger partial charge in [-0.25, -0.2) is 20.2 Å². The highest BCUT2D eigenvalue weighted by atomic mass is 32.1. The molecule has 0 spiro atoms. The predicted molar refractivity (Wildman–Crippen MR) is 127 cm³/mol. The number of nitriles is 4. The molecule has 0 N–H and O–H groups in total. The Hall–Kier alpha value is -4.74. The fraction of sp³-hybridized carbons (Fsp3) is 0. The highest BCUT2D eigenvalue weighted by Crippen LogP contribution is 2.47. The molecular formula is C24H6N6S3. The minimum absolute atomic E-state index is 0.0278. The Labute approximate surface area is 198 Å². The van der Waals surface area contributed by atoms with Gasteiger partial charge in [0, 0.05) is 39.4 Å². The lowest BCUT2D eigenvalue weighted by Gasteiger charge is -1.75. The summed E-state index contributed by atoms with van der Waals surface area (Å²) in [6, 6.07) is 18.5. The van der Waals surface area contributed by atoms with E-state index in [1.165, 1.54) is 34.0 Å². The second-order valence-electron chi connectivity index (χ2n) is 6.36. The monoisotopic (exact) mass is 474 g/mol. The molecule has 1 aliphatic rings. The van der Waals surface area contributed by atoms with Crippen molar-refractivity contribution < 1.29 is 0 Å². The maximum absolute atomic E-state index is 9.19. The van der Waals surface area contributed by atoms with E-state index in [-0.39, 0.29) is 17.0 Å². The summed E-state index contributed by atoms with van der Waals surface area (Å²) in [5, 5.41) is 36.7. The van der Waals surface area contributed by atoms with Crippen LogP contribution in [0.2, 0.25) is 0 Å². The molecule has 1 saturated carbocycles. The van der Waals surface area contributed by atoms with Gasteiger partial charge in [-0.3, -0.25) is 0 Å². The summed E-state index contributed by atoms with van der Waals surface area (Å²) in [6.45, 7) is 14.4. The number of rotatable bonds is 0. The van der Waals surface area contributed by atoms with Crippen LogP contribution in [0.25, 0.3) is 43.4 Å². The summed E-state index contributed by atoms with van der Waals surface area (Å²) in [7, 11) is 0. The summed E-state index contributed by atoms with van der Waals surface area (Å²) in [5.41, 5.74) is 2.95. The average Bonchev–Trinajstić information content (AvgIpc) is 3.29. The molecule has 0 unspecified atom stereocenters. The van der Waals surface area contributed by atoms with Gasteiger partial charge in [0.15, 0.2) is 0 Å². The van der Waals surface area contributed by atoms with E-state index in [4.69, 9.17) is 13.1 Å². The Morgan fingerprint density at radius 1 is 0.576 bits per heavy atom. The number of nitrogens with zero attached hydrogens (tertiary/aromatic N) is 6. The maximum atomic E-state index is 9.19. The molecule has 150 valence electrons. The van der Waals surface area contributed by atoms with Crippen molar-refractivity contribution in [1.29, 1.82) is 21.0 Å². The normalized spacial score (nSPS) is 16.7. The van der Waals surface area contributed by atoms with Gasteiger partial charge in [0.1, 0.15) is 17.7 Å².